The molecule has 0 radical (unpaired) electrons. The summed E-state index contributed by atoms with van der Waals surface area (Å²) >= 11 is 0. The third-order valence-corrected chi connectivity index (χ3v) is 4.99. The summed E-state index contributed by atoms with van der Waals surface area (Å²) in [6.07, 6.45) is 7.68. The summed E-state index contributed by atoms with van der Waals surface area (Å²) in [4.78, 5) is 2.56. The molecule has 124 valence electrons. The molecule has 2 aliphatic rings. The Bertz CT molecular complexity index is 679. The Hall–Kier alpha value is -1.45. The summed E-state index contributed by atoms with van der Waals surface area (Å²) in [6, 6.07) is 11.1. The molecule has 3 heterocycles. The molecule has 0 spiro atoms. The average Bonchev–Trinajstić information content (AvgIpc) is 2.72. The number of rotatable bonds is 2. The van der Waals surface area contributed by atoms with Crippen LogP contribution in [-0.2, 0) is 13.1 Å². The Morgan fingerprint density at radius 3 is 2.96 bits per heavy atom. The predicted octanol–water partition coefficient (Wildman–Crippen LogP) is 3.93. The zero-order valence-electron chi connectivity index (χ0n) is 13.6. The number of para-hydroxylation sites is 1. The van der Waals surface area contributed by atoms with Crippen LogP contribution in [0.3, 0.4) is 0 Å². The molecule has 2 aliphatic heterocycles. The molecular weight excluding hydrogens is 306 g/mol. The maximum atomic E-state index is 3.59. The van der Waals surface area contributed by atoms with Crippen molar-refractivity contribution < 1.29 is 0 Å². The highest BCUT2D eigenvalue weighted by Crippen LogP contribution is 2.24. The van der Waals surface area contributed by atoms with Crippen molar-refractivity contribution in [2.75, 3.05) is 19.6 Å². The van der Waals surface area contributed by atoms with Crippen LogP contribution in [0.1, 0.15) is 31.4 Å². The van der Waals surface area contributed by atoms with Gasteiger partial charge in [0.05, 0.1) is 0 Å². The van der Waals surface area contributed by atoms with Gasteiger partial charge >= 0.3 is 0 Å². The monoisotopic (exact) mass is 331 g/mol. The third kappa shape index (κ3) is 3.56. The summed E-state index contributed by atoms with van der Waals surface area (Å²) in [5, 5.41) is 4.97. The lowest BCUT2D eigenvalue weighted by atomic mass is 10.2. The minimum atomic E-state index is 0. The standard InChI is InChI=1S/C19H25N3.ClH/c1-2-7-17(20-10-5-1)9-11-21-12-13-22-18(15-21)14-16-6-3-4-8-19(16)22;/h3-4,6,8-9,14,20H,1-2,5,7,10-13,15H2;1H. The highest BCUT2D eigenvalue weighted by atomic mass is 35.5. The highest BCUT2D eigenvalue weighted by molar-refractivity contribution is 5.85. The number of hydrogen-bond acceptors (Lipinski definition) is 2. The van der Waals surface area contributed by atoms with Gasteiger partial charge in [-0.15, -0.1) is 12.4 Å². The van der Waals surface area contributed by atoms with Crippen molar-refractivity contribution in [2.45, 2.75) is 38.8 Å². The van der Waals surface area contributed by atoms with Crippen molar-refractivity contribution in [2.24, 2.45) is 0 Å². The molecule has 0 saturated carbocycles. The maximum absolute atomic E-state index is 3.59. The van der Waals surface area contributed by atoms with Gasteiger partial charge in [-0.2, -0.15) is 0 Å². The van der Waals surface area contributed by atoms with Gasteiger partial charge in [0.25, 0.3) is 0 Å². The van der Waals surface area contributed by atoms with E-state index in [0.717, 1.165) is 32.7 Å². The molecule has 0 bridgehead atoms. The Balaban J connectivity index is 0.00000156. The van der Waals surface area contributed by atoms with E-state index in [1.165, 1.54) is 48.0 Å². The minimum Gasteiger partial charge on any atom is -0.389 e. The van der Waals surface area contributed by atoms with Crippen molar-refractivity contribution in [3.63, 3.8) is 0 Å². The molecule has 1 aromatic heterocycles. The number of fused-ring (bicyclic) bond motifs is 3. The second kappa shape index (κ2) is 7.41. The van der Waals surface area contributed by atoms with Crippen LogP contribution in [0.25, 0.3) is 10.9 Å². The Kier molecular flexibility index (Phi) is 5.29. The van der Waals surface area contributed by atoms with Crippen molar-refractivity contribution in [3.05, 3.63) is 47.8 Å². The number of nitrogens with one attached hydrogen (secondary N) is 1. The van der Waals surface area contributed by atoms with Gasteiger partial charge in [0.2, 0.25) is 0 Å². The van der Waals surface area contributed by atoms with Gasteiger partial charge in [0.15, 0.2) is 0 Å². The topological polar surface area (TPSA) is 20.2 Å². The molecule has 4 rings (SSSR count). The first-order chi connectivity index (χ1) is 10.9. The number of benzene rings is 1. The molecule has 3 nitrogen and oxygen atoms in total. The van der Waals surface area contributed by atoms with E-state index in [4.69, 9.17) is 0 Å². The number of hydrogen-bond donors (Lipinski definition) is 1. The lowest BCUT2D eigenvalue weighted by molar-refractivity contribution is 0.246. The Morgan fingerprint density at radius 1 is 1.09 bits per heavy atom. The van der Waals surface area contributed by atoms with Crippen molar-refractivity contribution in [3.8, 4) is 0 Å². The second-order valence-electron chi connectivity index (χ2n) is 6.55. The number of allylic oxidation sites excluding steroid dienone is 1. The molecule has 1 N–H and O–H groups in total. The molecule has 0 atom stereocenters. The molecule has 4 heteroatoms. The van der Waals surface area contributed by atoms with E-state index in [1.54, 1.807) is 0 Å². The molecule has 1 saturated heterocycles. The molecular formula is C19H26ClN3. The van der Waals surface area contributed by atoms with Gasteiger partial charge in [-0.25, -0.2) is 0 Å². The number of nitrogens with zero attached hydrogens (tertiary/aromatic N) is 2. The van der Waals surface area contributed by atoms with Gasteiger partial charge < -0.3 is 9.88 Å². The molecule has 23 heavy (non-hydrogen) atoms. The molecule has 0 unspecified atom stereocenters. The van der Waals surface area contributed by atoms with Crippen molar-refractivity contribution in [1.82, 2.24) is 14.8 Å². The summed E-state index contributed by atoms with van der Waals surface area (Å²) in [5.41, 5.74) is 4.31. The average molecular weight is 332 g/mol. The summed E-state index contributed by atoms with van der Waals surface area (Å²) < 4.78 is 2.49. The van der Waals surface area contributed by atoms with Crippen LogP contribution in [-0.4, -0.2) is 29.1 Å². The molecule has 2 aromatic rings. The van der Waals surface area contributed by atoms with Crippen LogP contribution >= 0.6 is 12.4 Å². The normalized spacial score (nSPS) is 20.6. The zero-order chi connectivity index (χ0) is 14.8. The van der Waals surface area contributed by atoms with Gasteiger partial charge in [0.1, 0.15) is 0 Å². The summed E-state index contributed by atoms with van der Waals surface area (Å²) in [7, 11) is 0. The van der Waals surface area contributed by atoms with E-state index in [9.17, 15) is 0 Å². The lowest BCUT2D eigenvalue weighted by Crippen LogP contribution is -2.33. The second-order valence-corrected chi connectivity index (χ2v) is 6.55. The minimum absolute atomic E-state index is 0. The van der Waals surface area contributed by atoms with E-state index in [0.29, 0.717) is 0 Å². The van der Waals surface area contributed by atoms with Gasteiger partial charge in [0, 0.05) is 49.6 Å². The van der Waals surface area contributed by atoms with Crippen LogP contribution in [0.2, 0.25) is 0 Å². The zero-order valence-corrected chi connectivity index (χ0v) is 14.4. The molecule has 1 aromatic carbocycles. The first-order valence-corrected chi connectivity index (χ1v) is 8.62. The fourth-order valence-electron chi connectivity index (χ4n) is 3.74. The van der Waals surface area contributed by atoms with Crippen molar-refractivity contribution in [1.29, 1.82) is 0 Å². The first kappa shape index (κ1) is 16.4. The highest BCUT2D eigenvalue weighted by Gasteiger charge is 2.17. The maximum Gasteiger partial charge on any atom is 0.0483 e. The van der Waals surface area contributed by atoms with E-state index in [-0.39, 0.29) is 12.4 Å². The smallest absolute Gasteiger partial charge is 0.0483 e. The Labute approximate surface area is 144 Å². The van der Waals surface area contributed by atoms with Crippen LogP contribution in [0, 0.1) is 0 Å². The largest absolute Gasteiger partial charge is 0.389 e. The van der Waals surface area contributed by atoms with Crippen LogP contribution < -0.4 is 5.32 Å². The molecule has 0 aliphatic carbocycles. The fraction of sp³-hybridized carbons (Fsp3) is 0.474. The van der Waals surface area contributed by atoms with Gasteiger partial charge in [-0.3, -0.25) is 4.90 Å². The third-order valence-electron chi connectivity index (χ3n) is 4.99. The fourth-order valence-corrected chi connectivity index (χ4v) is 3.74. The summed E-state index contributed by atoms with van der Waals surface area (Å²) in [6.45, 7) is 5.55. The van der Waals surface area contributed by atoms with Gasteiger partial charge in [-0.1, -0.05) is 30.7 Å². The van der Waals surface area contributed by atoms with E-state index in [2.05, 4.69) is 51.2 Å². The van der Waals surface area contributed by atoms with Crippen LogP contribution in [0.4, 0.5) is 0 Å². The van der Waals surface area contributed by atoms with E-state index in [1.807, 2.05) is 0 Å². The first-order valence-electron chi connectivity index (χ1n) is 8.62. The number of aromatic nitrogens is 1. The van der Waals surface area contributed by atoms with E-state index >= 15 is 0 Å². The van der Waals surface area contributed by atoms with Crippen molar-refractivity contribution >= 4 is 23.3 Å². The Morgan fingerprint density at radius 2 is 2.00 bits per heavy atom. The summed E-state index contributed by atoms with van der Waals surface area (Å²) in [5.74, 6) is 0. The van der Waals surface area contributed by atoms with Crippen LogP contribution in [0.15, 0.2) is 42.1 Å². The quantitative estimate of drug-likeness (QED) is 0.899. The predicted molar refractivity (Wildman–Crippen MR) is 99.0 cm³/mol. The van der Waals surface area contributed by atoms with Gasteiger partial charge in [-0.05, 0) is 36.8 Å². The number of halogens is 1. The van der Waals surface area contributed by atoms with E-state index < -0.39 is 0 Å². The lowest BCUT2D eigenvalue weighted by Gasteiger charge is -2.28. The molecule has 0 amide bonds. The van der Waals surface area contributed by atoms with Crippen LogP contribution in [0.5, 0.6) is 0 Å². The SMILES string of the molecule is C(CN1CCn2c(cc3ccccc32)C1)=C1CCCCCN1.Cl. The molecule has 1 fully saturated rings.